The van der Waals surface area contributed by atoms with Gasteiger partial charge in [0.2, 0.25) is 0 Å². The smallest absolute Gasteiger partial charge is 0.264 e. The van der Waals surface area contributed by atoms with Gasteiger partial charge in [0.25, 0.3) is 5.91 Å². The second-order valence-corrected chi connectivity index (χ2v) is 6.99. The normalized spacial score (nSPS) is 17.8. The summed E-state index contributed by atoms with van der Waals surface area (Å²) in [6, 6.07) is 11.8. The van der Waals surface area contributed by atoms with Crippen LogP contribution in [0.5, 0.6) is 0 Å². The SMILES string of the molecule is O=C1NC(=Nc2ccc(F)c(Cl)c2)S/C1=C\c1ccc(Br)cc1. The molecule has 1 aliphatic heterocycles. The van der Waals surface area contributed by atoms with Gasteiger partial charge in [0.1, 0.15) is 5.82 Å². The summed E-state index contributed by atoms with van der Waals surface area (Å²) in [5, 5.41) is 3.10. The van der Waals surface area contributed by atoms with Crippen LogP contribution in [-0.4, -0.2) is 11.1 Å². The van der Waals surface area contributed by atoms with Crippen LogP contribution >= 0.6 is 39.3 Å². The molecule has 0 aliphatic carbocycles. The van der Waals surface area contributed by atoms with Crippen LogP contribution in [0.15, 0.2) is 56.8 Å². The van der Waals surface area contributed by atoms with Gasteiger partial charge in [-0.15, -0.1) is 0 Å². The minimum absolute atomic E-state index is 0.00759. The van der Waals surface area contributed by atoms with E-state index in [9.17, 15) is 9.18 Å². The molecule has 116 valence electrons. The van der Waals surface area contributed by atoms with Gasteiger partial charge in [-0.2, -0.15) is 0 Å². The Bertz CT molecular complexity index is 836. The molecule has 0 saturated carbocycles. The summed E-state index contributed by atoms with van der Waals surface area (Å²) >= 11 is 10.3. The first-order valence-electron chi connectivity index (χ1n) is 6.51. The Balaban J connectivity index is 1.82. The molecular formula is C16H9BrClFN2OS. The first-order chi connectivity index (χ1) is 11.0. The van der Waals surface area contributed by atoms with Crippen LogP contribution in [0.25, 0.3) is 6.08 Å². The second kappa shape index (κ2) is 6.86. The lowest BCUT2D eigenvalue weighted by Gasteiger charge is -1.98. The monoisotopic (exact) mass is 410 g/mol. The largest absolute Gasteiger partial charge is 0.300 e. The lowest BCUT2D eigenvalue weighted by molar-refractivity contribution is -0.115. The van der Waals surface area contributed by atoms with Crippen LogP contribution in [-0.2, 0) is 4.79 Å². The molecule has 23 heavy (non-hydrogen) atoms. The zero-order valence-electron chi connectivity index (χ0n) is 11.5. The molecule has 3 rings (SSSR count). The molecule has 0 aromatic heterocycles. The molecule has 0 unspecified atom stereocenters. The van der Waals surface area contributed by atoms with Crippen LogP contribution < -0.4 is 5.32 Å². The quantitative estimate of drug-likeness (QED) is 0.696. The van der Waals surface area contributed by atoms with Crippen molar-refractivity contribution in [3.63, 3.8) is 0 Å². The molecular weight excluding hydrogens is 403 g/mol. The number of carbonyl (C=O) groups excluding carboxylic acids is 1. The van der Waals surface area contributed by atoms with Crippen molar-refractivity contribution in [1.29, 1.82) is 0 Å². The van der Waals surface area contributed by atoms with Gasteiger partial charge in [-0.05, 0) is 53.7 Å². The number of thioether (sulfide) groups is 1. The standard InChI is InChI=1S/C16H9BrClFN2OS/c17-10-3-1-9(2-4-10)7-14-15(22)21-16(23-14)20-11-5-6-13(19)12(18)8-11/h1-8H,(H,20,21,22)/b14-7-. The molecule has 1 N–H and O–H groups in total. The molecule has 0 bridgehead atoms. The summed E-state index contributed by atoms with van der Waals surface area (Å²) in [5.41, 5.74) is 1.39. The molecule has 1 aliphatic rings. The molecule has 3 nitrogen and oxygen atoms in total. The number of amidine groups is 1. The Labute approximate surface area is 149 Å². The van der Waals surface area contributed by atoms with Gasteiger partial charge in [-0.3, -0.25) is 4.79 Å². The van der Waals surface area contributed by atoms with E-state index in [-0.39, 0.29) is 10.9 Å². The lowest BCUT2D eigenvalue weighted by atomic mass is 10.2. The number of rotatable bonds is 2. The maximum atomic E-state index is 13.1. The van der Waals surface area contributed by atoms with E-state index in [4.69, 9.17) is 11.6 Å². The van der Waals surface area contributed by atoms with E-state index in [1.165, 1.54) is 30.0 Å². The summed E-state index contributed by atoms with van der Waals surface area (Å²) < 4.78 is 14.1. The summed E-state index contributed by atoms with van der Waals surface area (Å²) in [6.45, 7) is 0. The maximum absolute atomic E-state index is 13.1. The van der Waals surface area contributed by atoms with Crippen molar-refractivity contribution in [2.24, 2.45) is 4.99 Å². The fourth-order valence-electron chi connectivity index (χ4n) is 1.86. The molecule has 2 aromatic carbocycles. The van der Waals surface area contributed by atoms with Crippen molar-refractivity contribution in [2.45, 2.75) is 0 Å². The zero-order chi connectivity index (χ0) is 16.4. The molecule has 1 fully saturated rings. The number of amides is 1. The Kier molecular flexibility index (Phi) is 4.84. The summed E-state index contributed by atoms with van der Waals surface area (Å²) in [6.07, 6.45) is 1.78. The van der Waals surface area contributed by atoms with Gasteiger partial charge in [-0.1, -0.05) is 39.7 Å². The summed E-state index contributed by atoms with van der Waals surface area (Å²) in [7, 11) is 0. The average Bonchev–Trinajstić information content (AvgIpc) is 2.85. The number of aliphatic imine (C=N–C) groups is 1. The fourth-order valence-corrected chi connectivity index (χ4v) is 3.14. The number of nitrogens with one attached hydrogen (secondary N) is 1. The highest BCUT2D eigenvalue weighted by atomic mass is 79.9. The van der Waals surface area contributed by atoms with Gasteiger partial charge >= 0.3 is 0 Å². The number of carbonyl (C=O) groups is 1. The predicted octanol–water partition coefficient (Wildman–Crippen LogP) is 5.13. The van der Waals surface area contributed by atoms with E-state index < -0.39 is 5.82 Å². The lowest BCUT2D eigenvalue weighted by Crippen LogP contribution is -2.19. The van der Waals surface area contributed by atoms with Crippen molar-refractivity contribution in [2.75, 3.05) is 0 Å². The highest BCUT2D eigenvalue weighted by molar-refractivity contribution is 9.10. The number of hydrogen-bond donors (Lipinski definition) is 1. The van der Waals surface area contributed by atoms with Gasteiger partial charge in [0.15, 0.2) is 5.17 Å². The molecule has 2 aromatic rings. The van der Waals surface area contributed by atoms with Crippen LogP contribution in [0.4, 0.5) is 10.1 Å². The highest BCUT2D eigenvalue weighted by Crippen LogP contribution is 2.29. The Morgan fingerprint density at radius 3 is 2.65 bits per heavy atom. The minimum Gasteiger partial charge on any atom is -0.300 e. The molecule has 1 amide bonds. The van der Waals surface area contributed by atoms with Gasteiger partial charge in [0, 0.05) is 4.47 Å². The Morgan fingerprint density at radius 2 is 1.96 bits per heavy atom. The number of halogens is 3. The van der Waals surface area contributed by atoms with E-state index >= 15 is 0 Å². The number of benzene rings is 2. The third kappa shape index (κ3) is 4.02. The van der Waals surface area contributed by atoms with Crippen molar-refractivity contribution in [1.82, 2.24) is 5.32 Å². The summed E-state index contributed by atoms with van der Waals surface area (Å²) in [5.74, 6) is -0.723. The van der Waals surface area contributed by atoms with E-state index in [1.807, 2.05) is 24.3 Å². The average molecular weight is 412 g/mol. The Morgan fingerprint density at radius 1 is 1.22 bits per heavy atom. The molecule has 0 spiro atoms. The molecule has 1 heterocycles. The minimum atomic E-state index is -0.505. The molecule has 1 saturated heterocycles. The maximum Gasteiger partial charge on any atom is 0.264 e. The van der Waals surface area contributed by atoms with Crippen LogP contribution in [0.1, 0.15) is 5.56 Å². The molecule has 0 radical (unpaired) electrons. The van der Waals surface area contributed by atoms with Crippen molar-refractivity contribution in [3.05, 3.63) is 68.2 Å². The van der Waals surface area contributed by atoms with Crippen LogP contribution in [0, 0.1) is 5.82 Å². The Hall–Kier alpha value is -1.63. The number of hydrogen-bond acceptors (Lipinski definition) is 3. The highest BCUT2D eigenvalue weighted by Gasteiger charge is 2.23. The van der Waals surface area contributed by atoms with E-state index in [2.05, 4.69) is 26.2 Å². The van der Waals surface area contributed by atoms with Crippen molar-refractivity contribution in [3.8, 4) is 0 Å². The van der Waals surface area contributed by atoms with Gasteiger partial charge in [0.05, 0.1) is 15.6 Å². The topological polar surface area (TPSA) is 41.5 Å². The third-order valence-corrected chi connectivity index (χ3v) is 4.68. The zero-order valence-corrected chi connectivity index (χ0v) is 14.7. The number of nitrogens with zero attached hydrogens (tertiary/aromatic N) is 1. The van der Waals surface area contributed by atoms with E-state index in [1.54, 1.807) is 6.08 Å². The van der Waals surface area contributed by atoms with Crippen molar-refractivity contribution < 1.29 is 9.18 Å². The second-order valence-electron chi connectivity index (χ2n) is 4.63. The predicted molar refractivity (Wildman–Crippen MR) is 96.4 cm³/mol. The first kappa shape index (κ1) is 16.2. The van der Waals surface area contributed by atoms with Crippen LogP contribution in [0.3, 0.4) is 0 Å². The van der Waals surface area contributed by atoms with Crippen LogP contribution in [0.2, 0.25) is 5.02 Å². The van der Waals surface area contributed by atoms with E-state index in [0.717, 1.165) is 10.0 Å². The fraction of sp³-hybridized carbons (Fsp3) is 0. The molecule has 0 atom stereocenters. The first-order valence-corrected chi connectivity index (χ1v) is 8.50. The van der Waals surface area contributed by atoms with Gasteiger partial charge in [-0.25, -0.2) is 9.38 Å². The van der Waals surface area contributed by atoms with Crippen molar-refractivity contribution >= 4 is 62.1 Å². The molecule has 7 heteroatoms. The van der Waals surface area contributed by atoms with Gasteiger partial charge < -0.3 is 5.32 Å². The third-order valence-electron chi connectivity index (χ3n) is 2.95. The van der Waals surface area contributed by atoms with E-state index in [0.29, 0.717) is 15.8 Å². The summed E-state index contributed by atoms with van der Waals surface area (Å²) in [4.78, 5) is 16.8.